The molecule has 0 aromatic rings. The van der Waals surface area contributed by atoms with E-state index in [2.05, 4.69) is 22.3 Å². The third-order valence-corrected chi connectivity index (χ3v) is 1.59. The normalized spacial score (nSPS) is 21.2. The Bertz CT molecular complexity index is 138. The molecule has 5 heteroatoms. The van der Waals surface area contributed by atoms with Crippen LogP contribution in [0, 0.1) is 0 Å². The first-order valence-electron chi connectivity index (χ1n) is 4.74. The average molecular weight is 186 g/mol. The molecule has 0 radical (unpaired) electrons. The van der Waals surface area contributed by atoms with Crippen LogP contribution in [0.25, 0.3) is 0 Å². The number of hydrogen-bond acceptors (Lipinski definition) is 4. The van der Waals surface area contributed by atoms with Gasteiger partial charge in [0.1, 0.15) is 0 Å². The number of carbonyl (C=O) groups is 1. The van der Waals surface area contributed by atoms with Crippen LogP contribution in [-0.2, 0) is 4.74 Å². The Balaban J connectivity index is 0.000000226. The van der Waals surface area contributed by atoms with E-state index in [9.17, 15) is 4.79 Å². The van der Waals surface area contributed by atoms with Gasteiger partial charge in [-0.3, -0.25) is 4.79 Å². The summed E-state index contributed by atoms with van der Waals surface area (Å²) in [6.07, 6.45) is 0. The Labute approximate surface area is 80.8 Å². The number of ether oxygens (including phenoxy) is 1. The molecular weight excluding hydrogens is 167 g/mol. The second-order valence-electron chi connectivity index (χ2n) is 2.98. The third kappa shape index (κ3) is 9.37. The number of nitrogens with one attached hydrogen (secondary N) is 2. The van der Waals surface area contributed by atoms with Crippen LogP contribution >= 0.6 is 0 Å². The van der Waals surface area contributed by atoms with Gasteiger partial charge in [-0.25, -0.2) is 0 Å². The van der Waals surface area contributed by atoms with E-state index in [-0.39, 0.29) is 5.87 Å². The monoisotopic (exact) mass is 186 g/mol. The molecule has 0 bridgehead atoms. The first-order valence-corrected chi connectivity index (χ1v) is 4.74. The second-order valence-corrected chi connectivity index (χ2v) is 2.98. The minimum absolute atomic E-state index is 0.211. The Hall–Kier alpha value is -0.545. The van der Waals surface area contributed by atoms with Crippen LogP contribution in [0.15, 0.2) is 0 Å². The zero-order valence-electron chi connectivity index (χ0n) is 8.72. The van der Waals surface area contributed by atoms with Crippen molar-refractivity contribution in [3.05, 3.63) is 0 Å². The van der Waals surface area contributed by atoms with Crippen LogP contribution in [0.1, 0.15) is 13.8 Å². The van der Waals surface area contributed by atoms with Gasteiger partial charge in [0.2, 0.25) is 13.7 Å². The van der Waals surface area contributed by atoms with Gasteiger partial charge >= 0.3 is 0 Å². The summed E-state index contributed by atoms with van der Waals surface area (Å²) >= 11 is 0. The van der Waals surface area contributed by atoms with Crippen molar-refractivity contribution in [2.75, 3.05) is 26.2 Å². The lowest BCUT2D eigenvalue weighted by Crippen LogP contribution is -2.46. The first-order chi connectivity index (χ1) is 6.16. The zero-order chi connectivity index (χ0) is 10.1. The summed E-state index contributed by atoms with van der Waals surface area (Å²) in [6, 6.07) is 0.675. The molecule has 1 heterocycles. The highest BCUT2D eigenvalue weighted by molar-refractivity contribution is 6.55. The van der Waals surface area contributed by atoms with Gasteiger partial charge in [-0.1, -0.05) is 0 Å². The minimum atomic E-state index is -0.211. The van der Waals surface area contributed by atoms with Gasteiger partial charge in [0.05, 0.1) is 6.61 Å². The van der Waals surface area contributed by atoms with Gasteiger partial charge in [-0.15, -0.1) is 0 Å². The smallest absolute Gasteiger partial charge is 0.243 e. The molecule has 1 aliphatic heterocycles. The highest BCUT2D eigenvalue weighted by Gasteiger charge is 2.03. The van der Waals surface area contributed by atoms with Gasteiger partial charge in [-0.05, 0) is 13.8 Å². The summed E-state index contributed by atoms with van der Waals surface area (Å²) in [4.78, 5) is 9.82. The van der Waals surface area contributed by atoms with Crippen molar-refractivity contribution in [3.63, 3.8) is 0 Å². The average Bonchev–Trinajstić information content (AvgIpc) is 2.06. The lowest BCUT2D eigenvalue weighted by Gasteiger charge is -2.19. The first kappa shape index (κ1) is 12.5. The molecule has 2 N–H and O–H groups in total. The van der Waals surface area contributed by atoms with Crippen molar-refractivity contribution in [3.8, 4) is 0 Å². The fourth-order valence-corrected chi connectivity index (χ4v) is 1.00. The van der Waals surface area contributed by atoms with Crippen LogP contribution < -0.4 is 10.6 Å². The fraction of sp³-hybridized carbons (Fsp3) is 0.875. The summed E-state index contributed by atoms with van der Waals surface area (Å²) < 4.78 is 4.40. The molecule has 76 valence electrons. The lowest BCUT2D eigenvalue weighted by molar-refractivity contribution is 0.179. The van der Waals surface area contributed by atoms with E-state index in [1.807, 2.05) is 0 Å². The molecule has 13 heavy (non-hydrogen) atoms. The zero-order valence-corrected chi connectivity index (χ0v) is 8.72. The number of rotatable bonds is 1. The highest BCUT2D eigenvalue weighted by Crippen LogP contribution is 1.80. The summed E-state index contributed by atoms with van der Waals surface area (Å²) in [5.74, 6) is -0.211. The van der Waals surface area contributed by atoms with E-state index in [0.29, 0.717) is 12.6 Å². The predicted octanol–water partition coefficient (Wildman–Crippen LogP) is -0.656. The molecule has 1 fully saturated rings. The van der Waals surface area contributed by atoms with E-state index >= 15 is 0 Å². The van der Waals surface area contributed by atoms with E-state index in [0.717, 1.165) is 19.6 Å². The summed E-state index contributed by atoms with van der Waals surface area (Å²) in [6.45, 7) is 7.83. The Kier molecular flexibility index (Phi) is 7.73. The Morgan fingerprint density at radius 2 is 2.31 bits per heavy atom. The van der Waals surface area contributed by atoms with Crippen molar-refractivity contribution in [1.29, 1.82) is 0 Å². The van der Waals surface area contributed by atoms with Crippen molar-refractivity contribution < 1.29 is 9.53 Å². The van der Waals surface area contributed by atoms with E-state index in [1.165, 1.54) is 7.85 Å². The molecule has 1 saturated heterocycles. The topological polar surface area (TPSA) is 50.4 Å². The Morgan fingerprint density at radius 3 is 2.46 bits per heavy atom. The molecule has 0 aromatic carbocycles. The maximum absolute atomic E-state index is 9.82. The number of carbonyl (C=O) groups excluding carboxylic acids is 1. The van der Waals surface area contributed by atoms with Gasteiger partial charge in [0.15, 0.2) is 0 Å². The summed E-state index contributed by atoms with van der Waals surface area (Å²) in [7, 11) is 1.39. The van der Waals surface area contributed by atoms with Crippen molar-refractivity contribution in [2.24, 2.45) is 0 Å². The molecule has 4 nitrogen and oxygen atoms in total. The van der Waals surface area contributed by atoms with Crippen LogP contribution in [0.3, 0.4) is 0 Å². The van der Waals surface area contributed by atoms with Gasteiger partial charge < -0.3 is 15.4 Å². The van der Waals surface area contributed by atoms with Crippen molar-refractivity contribution >= 4 is 13.7 Å². The minimum Gasteiger partial charge on any atom is -0.474 e. The molecule has 0 aromatic heterocycles. The van der Waals surface area contributed by atoms with Crippen LogP contribution in [-0.4, -0.2) is 46.0 Å². The molecule has 1 unspecified atom stereocenters. The molecule has 0 spiro atoms. The van der Waals surface area contributed by atoms with Crippen LogP contribution in [0.4, 0.5) is 4.79 Å². The maximum Gasteiger partial charge on any atom is 0.243 e. The molecule has 1 aliphatic rings. The van der Waals surface area contributed by atoms with Gasteiger partial charge in [0, 0.05) is 25.7 Å². The van der Waals surface area contributed by atoms with Crippen LogP contribution in [0.5, 0.6) is 0 Å². The molecular formula is C8H19BN2O2. The van der Waals surface area contributed by atoms with Crippen molar-refractivity contribution in [2.45, 2.75) is 19.9 Å². The second kappa shape index (κ2) is 8.07. The quantitative estimate of drug-likeness (QED) is 0.534. The third-order valence-electron chi connectivity index (χ3n) is 1.59. The van der Waals surface area contributed by atoms with Crippen LogP contribution in [0.2, 0.25) is 0 Å². The largest absolute Gasteiger partial charge is 0.474 e. The molecule has 0 aliphatic carbocycles. The standard InChI is InChI=1S/C5H12N2.C3H7BO2/c1-5-4-6-2-3-7-5;1-2-6-3(4)5/h5-7H,2-4H2,1H3;2,4H2,1H3. The summed E-state index contributed by atoms with van der Waals surface area (Å²) in [5, 5.41) is 6.59. The van der Waals surface area contributed by atoms with Crippen molar-refractivity contribution in [1.82, 2.24) is 10.6 Å². The molecule has 0 saturated carbocycles. The molecule has 1 atom stereocenters. The predicted molar refractivity (Wildman–Crippen MR) is 55.9 cm³/mol. The van der Waals surface area contributed by atoms with E-state index in [4.69, 9.17) is 0 Å². The number of hydrogen-bond donors (Lipinski definition) is 2. The Morgan fingerprint density at radius 1 is 1.62 bits per heavy atom. The van der Waals surface area contributed by atoms with E-state index < -0.39 is 0 Å². The van der Waals surface area contributed by atoms with E-state index in [1.54, 1.807) is 6.92 Å². The fourth-order valence-electron chi connectivity index (χ4n) is 1.00. The molecule has 0 amide bonds. The SMILES string of the molecule is BC(=O)OCC.CC1CNCCN1. The van der Waals surface area contributed by atoms with Gasteiger partial charge in [-0.2, -0.15) is 0 Å². The van der Waals surface area contributed by atoms with Gasteiger partial charge in [0.25, 0.3) is 0 Å². The molecule has 1 rings (SSSR count). The lowest BCUT2D eigenvalue weighted by atomic mass is 10.2. The number of piperazine rings is 1. The highest BCUT2D eigenvalue weighted by atomic mass is 16.5. The summed E-state index contributed by atoms with van der Waals surface area (Å²) in [5.41, 5.74) is 0. The maximum atomic E-state index is 9.82.